The number of non-ortho nitro benzene ring substituents is 1. The third kappa shape index (κ3) is 6.80. The van der Waals surface area contributed by atoms with Crippen molar-refractivity contribution in [1.29, 1.82) is 0 Å². The number of rotatable bonds is 9. The van der Waals surface area contributed by atoms with E-state index in [-0.39, 0.29) is 23.3 Å². The number of hydrogen-bond acceptors (Lipinski definition) is 7. The van der Waals surface area contributed by atoms with Crippen LogP contribution < -0.4 is 14.1 Å². The second-order valence-corrected chi connectivity index (χ2v) is 9.53. The number of ether oxygens (including phenoxy) is 1. The average molecular weight is 462 g/mol. The highest BCUT2D eigenvalue weighted by Gasteiger charge is 2.35. The molecule has 172 valence electrons. The molecule has 1 aliphatic rings. The van der Waals surface area contributed by atoms with E-state index in [1.165, 1.54) is 31.2 Å². The first-order valence-electron chi connectivity index (χ1n) is 10.5. The van der Waals surface area contributed by atoms with Gasteiger partial charge in [-0.3, -0.25) is 14.9 Å². The molecule has 9 nitrogen and oxygen atoms in total. The standard InChI is InChI=1S/C22H27N2O7P/c1-16-8-12-19(13-9-16)29-22(25)17(2)23-32(28,30-20-6-4-3-5-7-20)31-21-14-10-18(11-15-21)24(26)27/h3-7,10-11,14-17,19H,8-9,12-13H2,1-2H3,(H,23,28)/t16?,17-,19?,32?/m1/s1. The first-order chi connectivity index (χ1) is 15.2. The molecule has 2 aromatic rings. The van der Waals surface area contributed by atoms with Crippen molar-refractivity contribution >= 4 is 19.4 Å². The molecule has 0 aromatic heterocycles. The molecule has 2 aromatic carbocycles. The molecule has 0 heterocycles. The Morgan fingerprint density at radius 1 is 1.03 bits per heavy atom. The number of nitro benzene ring substituents is 1. The van der Waals surface area contributed by atoms with Crippen LogP contribution in [0.1, 0.15) is 39.5 Å². The van der Waals surface area contributed by atoms with Crippen molar-refractivity contribution in [3.05, 3.63) is 64.7 Å². The molecule has 1 saturated carbocycles. The van der Waals surface area contributed by atoms with Crippen molar-refractivity contribution in [2.24, 2.45) is 5.92 Å². The van der Waals surface area contributed by atoms with Gasteiger partial charge in [0.1, 0.15) is 23.6 Å². The summed E-state index contributed by atoms with van der Waals surface area (Å²) >= 11 is 0. The minimum Gasteiger partial charge on any atom is -0.461 e. The molecule has 1 N–H and O–H groups in total. The third-order valence-electron chi connectivity index (χ3n) is 5.19. The monoisotopic (exact) mass is 462 g/mol. The number of nitrogens with one attached hydrogen (secondary N) is 1. The van der Waals surface area contributed by atoms with E-state index in [0.29, 0.717) is 5.92 Å². The number of carbonyl (C=O) groups excluding carboxylic acids is 1. The first-order valence-corrected chi connectivity index (χ1v) is 12.1. The molecular formula is C22H27N2O7P. The van der Waals surface area contributed by atoms with Gasteiger partial charge in [0.2, 0.25) is 0 Å². The summed E-state index contributed by atoms with van der Waals surface area (Å²) in [5.74, 6) is 0.431. The number of para-hydroxylation sites is 1. The van der Waals surface area contributed by atoms with E-state index in [4.69, 9.17) is 13.8 Å². The van der Waals surface area contributed by atoms with Gasteiger partial charge in [-0.15, -0.1) is 0 Å². The lowest BCUT2D eigenvalue weighted by Gasteiger charge is -2.28. The Morgan fingerprint density at radius 2 is 1.59 bits per heavy atom. The fraction of sp³-hybridized carbons (Fsp3) is 0.409. The Bertz CT molecular complexity index is 960. The zero-order valence-corrected chi connectivity index (χ0v) is 18.9. The number of hydrogen-bond donors (Lipinski definition) is 1. The molecule has 0 saturated heterocycles. The number of carbonyl (C=O) groups is 1. The fourth-order valence-corrected chi connectivity index (χ4v) is 4.88. The molecule has 0 radical (unpaired) electrons. The van der Waals surface area contributed by atoms with Gasteiger partial charge >= 0.3 is 13.7 Å². The van der Waals surface area contributed by atoms with E-state index < -0.39 is 24.7 Å². The minimum absolute atomic E-state index is 0.0872. The molecule has 1 unspecified atom stereocenters. The first kappa shape index (κ1) is 23.8. The fourth-order valence-electron chi connectivity index (χ4n) is 3.36. The van der Waals surface area contributed by atoms with E-state index >= 15 is 0 Å². The van der Waals surface area contributed by atoms with Gasteiger partial charge in [0.25, 0.3) is 5.69 Å². The van der Waals surface area contributed by atoms with E-state index in [1.807, 2.05) is 0 Å². The summed E-state index contributed by atoms with van der Waals surface area (Å²) in [5, 5.41) is 13.5. The van der Waals surface area contributed by atoms with E-state index in [2.05, 4.69) is 12.0 Å². The molecule has 1 fully saturated rings. The van der Waals surface area contributed by atoms with Crippen molar-refractivity contribution < 1.29 is 28.1 Å². The lowest BCUT2D eigenvalue weighted by Crippen LogP contribution is -2.38. The van der Waals surface area contributed by atoms with Crippen LogP contribution in [0.3, 0.4) is 0 Å². The number of esters is 1. The van der Waals surface area contributed by atoms with Gasteiger partial charge in [0.15, 0.2) is 0 Å². The van der Waals surface area contributed by atoms with E-state index in [9.17, 15) is 19.5 Å². The Balaban J connectivity index is 1.71. The zero-order valence-electron chi connectivity index (χ0n) is 18.0. The summed E-state index contributed by atoms with van der Waals surface area (Å²) in [7, 11) is -4.10. The lowest BCUT2D eigenvalue weighted by atomic mass is 9.89. The van der Waals surface area contributed by atoms with Crippen molar-refractivity contribution in [2.45, 2.75) is 51.7 Å². The Kier molecular flexibility index (Phi) is 7.88. The highest BCUT2D eigenvalue weighted by atomic mass is 31.2. The number of benzene rings is 2. The predicted molar refractivity (Wildman–Crippen MR) is 119 cm³/mol. The van der Waals surface area contributed by atoms with Gasteiger partial charge in [-0.05, 0) is 62.8 Å². The van der Waals surface area contributed by atoms with Gasteiger partial charge in [0.05, 0.1) is 4.92 Å². The maximum atomic E-state index is 13.5. The normalized spacial score (nSPS) is 21.1. The minimum atomic E-state index is -4.10. The van der Waals surface area contributed by atoms with Crippen LogP contribution in [0.25, 0.3) is 0 Å². The van der Waals surface area contributed by atoms with Gasteiger partial charge in [0, 0.05) is 12.1 Å². The predicted octanol–water partition coefficient (Wildman–Crippen LogP) is 5.26. The van der Waals surface area contributed by atoms with Crippen LogP contribution in [-0.4, -0.2) is 23.0 Å². The van der Waals surface area contributed by atoms with Gasteiger partial charge < -0.3 is 13.8 Å². The molecule has 1 aliphatic carbocycles. The maximum Gasteiger partial charge on any atom is 0.513 e. The summed E-state index contributed by atoms with van der Waals surface area (Å²) in [4.78, 5) is 22.9. The molecule has 0 bridgehead atoms. The number of nitro groups is 1. The number of nitrogens with zero attached hydrogens (tertiary/aromatic N) is 1. The van der Waals surface area contributed by atoms with Crippen molar-refractivity contribution in [1.82, 2.24) is 5.09 Å². The molecule has 2 atom stereocenters. The summed E-state index contributed by atoms with van der Waals surface area (Å²) in [6.45, 7) is 3.70. The van der Waals surface area contributed by atoms with Crippen LogP contribution in [0, 0.1) is 16.0 Å². The van der Waals surface area contributed by atoms with Crippen LogP contribution in [-0.2, 0) is 14.1 Å². The topological polar surface area (TPSA) is 117 Å². The summed E-state index contributed by atoms with van der Waals surface area (Å²) in [5.41, 5.74) is -0.136. The molecule has 32 heavy (non-hydrogen) atoms. The van der Waals surface area contributed by atoms with Crippen LogP contribution >= 0.6 is 7.75 Å². The third-order valence-corrected chi connectivity index (χ3v) is 6.80. The molecule has 0 aliphatic heterocycles. The van der Waals surface area contributed by atoms with E-state index in [0.717, 1.165) is 25.7 Å². The van der Waals surface area contributed by atoms with Crippen LogP contribution in [0.2, 0.25) is 0 Å². The van der Waals surface area contributed by atoms with Crippen molar-refractivity contribution in [3.63, 3.8) is 0 Å². The van der Waals surface area contributed by atoms with Crippen molar-refractivity contribution in [2.75, 3.05) is 0 Å². The lowest BCUT2D eigenvalue weighted by molar-refractivity contribution is -0.384. The highest BCUT2D eigenvalue weighted by Crippen LogP contribution is 2.45. The molecule has 0 spiro atoms. The maximum absolute atomic E-state index is 13.5. The average Bonchev–Trinajstić information content (AvgIpc) is 2.76. The summed E-state index contributed by atoms with van der Waals surface area (Å²) < 4.78 is 30.3. The Morgan fingerprint density at radius 3 is 2.16 bits per heavy atom. The second kappa shape index (κ2) is 10.6. The van der Waals surface area contributed by atoms with E-state index in [1.54, 1.807) is 30.3 Å². The summed E-state index contributed by atoms with van der Waals surface area (Å²) in [6.07, 6.45) is 3.44. The zero-order chi connectivity index (χ0) is 23.1. The Hall–Kier alpha value is -2.90. The SMILES string of the molecule is CC1CCC(OC(=O)[C@@H](C)NP(=O)(Oc2ccccc2)Oc2ccc([N+](=O)[O-])cc2)CC1. The molecule has 3 rings (SSSR count). The Labute approximate surface area is 186 Å². The quantitative estimate of drug-likeness (QED) is 0.232. The molecule has 10 heteroatoms. The van der Waals surface area contributed by atoms with Gasteiger partial charge in [-0.25, -0.2) is 4.57 Å². The van der Waals surface area contributed by atoms with Crippen LogP contribution in [0.5, 0.6) is 11.5 Å². The largest absolute Gasteiger partial charge is 0.513 e. The van der Waals surface area contributed by atoms with Gasteiger partial charge in [-0.2, -0.15) is 5.09 Å². The summed E-state index contributed by atoms with van der Waals surface area (Å²) in [6, 6.07) is 12.5. The second-order valence-electron chi connectivity index (χ2n) is 7.91. The van der Waals surface area contributed by atoms with Crippen LogP contribution in [0.15, 0.2) is 54.6 Å². The van der Waals surface area contributed by atoms with Crippen LogP contribution in [0.4, 0.5) is 5.69 Å². The van der Waals surface area contributed by atoms with Crippen molar-refractivity contribution in [3.8, 4) is 11.5 Å². The highest BCUT2D eigenvalue weighted by molar-refractivity contribution is 7.52. The molecule has 0 amide bonds. The smallest absolute Gasteiger partial charge is 0.461 e. The van der Waals surface area contributed by atoms with Gasteiger partial charge in [-0.1, -0.05) is 25.1 Å². The molecular weight excluding hydrogens is 435 g/mol.